The van der Waals surface area contributed by atoms with Gasteiger partial charge >= 0.3 is 0 Å². The Morgan fingerprint density at radius 1 is 1.50 bits per heavy atom. The Bertz CT molecular complexity index is 433. The van der Waals surface area contributed by atoms with Crippen molar-refractivity contribution in [2.24, 2.45) is 0 Å². The summed E-state index contributed by atoms with van der Waals surface area (Å²) in [6.45, 7) is 1.73. The van der Waals surface area contributed by atoms with Crippen molar-refractivity contribution < 1.29 is 12.8 Å². The molecule has 0 radical (unpaired) electrons. The van der Waals surface area contributed by atoms with E-state index in [-0.39, 0.29) is 5.69 Å². The number of rotatable bonds is 3. The quantitative estimate of drug-likeness (QED) is 0.818. The molecule has 0 atom stereocenters. The predicted octanol–water partition coefficient (Wildman–Crippen LogP) is 2.07. The van der Waals surface area contributed by atoms with Crippen LogP contribution < -0.4 is 4.72 Å². The molecule has 0 amide bonds. The predicted molar refractivity (Wildman–Crippen MR) is 54.4 cm³/mol. The maximum absolute atomic E-state index is 13.1. The molecule has 3 nitrogen and oxygen atoms in total. The van der Waals surface area contributed by atoms with E-state index >= 15 is 0 Å². The first-order chi connectivity index (χ1) is 6.44. The number of aryl methyl sites for hydroxylation is 1. The first-order valence-corrected chi connectivity index (χ1v) is 5.96. The molecule has 0 aliphatic rings. The van der Waals surface area contributed by atoms with Gasteiger partial charge in [-0.2, -0.15) is 0 Å². The van der Waals surface area contributed by atoms with Crippen molar-refractivity contribution in [3.63, 3.8) is 0 Å². The highest BCUT2D eigenvalue weighted by molar-refractivity contribution is 7.93. The van der Waals surface area contributed by atoms with Crippen molar-refractivity contribution in [1.29, 1.82) is 0 Å². The number of benzene rings is 1. The molecule has 0 spiro atoms. The van der Waals surface area contributed by atoms with Gasteiger partial charge in [0.2, 0.25) is 10.0 Å². The van der Waals surface area contributed by atoms with Crippen LogP contribution in [-0.2, 0) is 10.0 Å². The molecule has 0 aromatic heterocycles. The van der Waals surface area contributed by atoms with E-state index in [1.807, 2.05) is 4.72 Å². The average Bonchev–Trinajstić information content (AvgIpc) is 2.11. The normalized spacial score (nSPS) is 11.4. The standard InChI is InChI=1S/C8H9ClFNO2S/c1-6-2-3-7(10)8(4-6)11-14(12,13)5-9/h2-4,11H,5H2,1H3. The second-order valence-electron chi connectivity index (χ2n) is 2.81. The zero-order chi connectivity index (χ0) is 10.8. The van der Waals surface area contributed by atoms with E-state index in [1.165, 1.54) is 12.1 Å². The summed E-state index contributed by atoms with van der Waals surface area (Å²) in [6.07, 6.45) is 0. The highest BCUT2D eigenvalue weighted by atomic mass is 35.5. The summed E-state index contributed by atoms with van der Waals surface area (Å²) in [5, 5.41) is -0.597. The fourth-order valence-electron chi connectivity index (χ4n) is 0.912. The fraction of sp³-hybridized carbons (Fsp3) is 0.250. The van der Waals surface area contributed by atoms with E-state index in [2.05, 4.69) is 0 Å². The van der Waals surface area contributed by atoms with Crippen molar-refractivity contribution in [1.82, 2.24) is 0 Å². The van der Waals surface area contributed by atoms with Crippen LogP contribution in [0.4, 0.5) is 10.1 Å². The van der Waals surface area contributed by atoms with Gasteiger partial charge in [-0.25, -0.2) is 12.8 Å². The fourth-order valence-corrected chi connectivity index (χ4v) is 1.62. The van der Waals surface area contributed by atoms with Gasteiger partial charge in [-0.05, 0) is 24.6 Å². The Morgan fingerprint density at radius 2 is 2.14 bits per heavy atom. The minimum Gasteiger partial charge on any atom is -0.280 e. The number of alkyl halides is 1. The number of nitrogens with one attached hydrogen (secondary N) is 1. The molecule has 14 heavy (non-hydrogen) atoms. The van der Waals surface area contributed by atoms with Gasteiger partial charge in [0, 0.05) is 0 Å². The summed E-state index contributed by atoms with van der Waals surface area (Å²) < 4.78 is 37.2. The van der Waals surface area contributed by atoms with Gasteiger partial charge in [-0.1, -0.05) is 6.07 Å². The van der Waals surface area contributed by atoms with Crippen molar-refractivity contribution in [2.75, 3.05) is 9.93 Å². The van der Waals surface area contributed by atoms with Crippen LogP contribution in [0.25, 0.3) is 0 Å². The van der Waals surface area contributed by atoms with Gasteiger partial charge in [0.25, 0.3) is 0 Å². The van der Waals surface area contributed by atoms with Crippen LogP contribution in [0.2, 0.25) is 0 Å². The number of hydrogen-bond acceptors (Lipinski definition) is 2. The van der Waals surface area contributed by atoms with Crippen LogP contribution in [0, 0.1) is 12.7 Å². The molecule has 0 bridgehead atoms. The number of anilines is 1. The van der Waals surface area contributed by atoms with Gasteiger partial charge < -0.3 is 0 Å². The Kier molecular flexibility index (Phi) is 3.34. The molecule has 1 aromatic carbocycles. The molecule has 0 aliphatic carbocycles. The Balaban J connectivity index is 3.03. The number of hydrogen-bond donors (Lipinski definition) is 1. The largest absolute Gasteiger partial charge is 0.280 e. The van der Waals surface area contributed by atoms with Gasteiger partial charge in [0.05, 0.1) is 5.69 Å². The third-order valence-corrected chi connectivity index (χ3v) is 3.21. The SMILES string of the molecule is Cc1ccc(F)c(NS(=O)(=O)CCl)c1. The van der Waals surface area contributed by atoms with E-state index in [1.54, 1.807) is 13.0 Å². The maximum atomic E-state index is 13.1. The number of halogens is 2. The zero-order valence-electron chi connectivity index (χ0n) is 7.42. The van der Waals surface area contributed by atoms with Crippen molar-refractivity contribution in [3.05, 3.63) is 29.6 Å². The van der Waals surface area contributed by atoms with Gasteiger partial charge in [-0.3, -0.25) is 4.72 Å². The van der Waals surface area contributed by atoms with E-state index < -0.39 is 21.1 Å². The molecule has 0 aliphatic heterocycles. The third kappa shape index (κ3) is 2.85. The summed E-state index contributed by atoms with van der Waals surface area (Å²) in [5.41, 5.74) is 0.685. The zero-order valence-corrected chi connectivity index (χ0v) is 8.99. The van der Waals surface area contributed by atoms with Crippen LogP contribution in [0.15, 0.2) is 18.2 Å². The lowest BCUT2D eigenvalue weighted by atomic mass is 10.2. The molecule has 1 rings (SSSR count). The van der Waals surface area contributed by atoms with Crippen LogP contribution in [0.3, 0.4) is 0 Å². The van der Waals surface area contributed by atoms with Gasteiger partial charge in [0.1, 0.15) is 11.0 Å². The van der Waals surface area contributed by atoms with E-state index in [9.17, 15) is 12.8 Å². The molecule has 0 saturated carbocycles. The molecule has 1 aromatic rings. The summed E-state index contributed by atoms with van der Waals surface area (Å²) in [5.74, 6) is -0.621. The van der Waals surface area contributed by atoms with E-state index in [0.29, 0.717) is 0 Å². The highest BCUT2D eigenvalue weighted by Crippen LogP contribution is 2.17. The summed E-state index contributed by atoms with van der Waals surface area (Å²) in [6, 6.07) is 4.15. The van der Waals surface area contributed by atoms with Crippen molar-refractivity contribution in [3.8, 4) is 0 Å². The van der Waals surface area contributed by atoms with Crippen molar-refractivity contribution >= 4 is 27.3 Å². The Hall–Kier alpha value is -0.810. The summed E-state index contributed by atoms with van der Waals surface area (Å²) in [7, 11) is -3.64. The summed E-state index contributed by atoms with van der Waals surface area (Å²) in [4.78, 5) is 0. The molecule has 1 N–H and O–H groups in total. The Morgan fingerprint density at radius 3 is 2.71 bits per heavy atom. The van der Waals surface area contributed by atoms with Crippen LogP contribution in [-0.4, -0.2) is 13.6 Å². The van der Waals surface area contributed by atoms with E-state index in [0.717, 1.165) is 5.56 Å². The van der Waals surface area contributed by atoms with Gasteiger partial charge in [-0.15, -0.1) is 11.6 Å². The molecule has 0 unspecified atom stereocenters. The second-order valence-corrected chi connectivity index (χ2v) is 5.12. The third-order valence-electron chi connectivity index (χ3n) is 1.53. The number of sulfonamides is 1. The lowest BCUT2D eigenvalue weighted by molar-refractivity contribution is 0.602. The first-order valence-electron chi connectivity index (χ1n) is 3.77. The molecule has 6 heteroatoms. The highest BCUT2D eigenvalue weighted by Gasteiger charge is 2.11. The minimum absolute atomic E-state index is 0.0781. The Labute approximate surface area is 86.9 Å². The minimum atomic E-state index is -3.64. The smallest absolute Gasteiger partial charge is 0.246 e. The monoisotopic (exact) mass is 237 g/mol. The van der Waals surface area contributed by atoms with Crippen LogP contribution in [0.1, 0.15) is 5.56 Å². The second kappa shape index (κ2) is 4.14. The molecule has 78 valence electrons. The molecular formula is C8H9ClFNO2S. The maximum Gasteiger partial charge on any atom is 0.246 e. The molecule has 0 fully saturated rings. The molecule has 0 saturated heterocycles. The lowest BCUT2D eigenvalue weighted by Gasteiger charge is -2.06. The van der Waals surface area contributed by atoms with E-state index in [4.69, 9.17) is 11.6 Å². The molecular weight excluding hydrogens is 229 g/mol. The van der Waals surface area contributed by atoms with Gasteiger partial charge in [0.15, 0.2) is 0 Å². The average molecular weight is 238 g/mol. The summed E-state index contributed by atoms with van der Waals surface area (Å²) >= 11 is 5.16. The van der Waals surface area contributed by atoms with Crippen LogP contribution >= 0.6 is 11.6 Å². The first kappa shape index (κ1) is 11.3. The topological polar surface area (TPSA) is 46.2 Å². The van der Waals surface area contributed by atoms with Crippen molar-refractivity contribution in [2.45, 2.75) is 6.92 Å². The van der Waals surface area contributed by atoms with Crippen LogP contribution in [0.5, 0.6) is 0 Å². The lowest BCUT2D eigenvalue weighted by Crippen LogP contribution is -2.14. The molecule has 0 heterocycles.